The third-order valence-electron chi connectivity index (χ3n) is 2.03. The van der Waals surface area contributed by atoms with Gasteiger partial charge in [-0.25, -0.2) is 0 Å². The number of benzene rings is 1. The average Bonchev–Trinajstić information content (AvgIpc) is 2.19. The normalized spacial score (nSPS) is 9.92. The lowest BCUT2D eigenvalue weighted by Crippen LogP contribution is -1.79. The molecule has 13 heavy (non-hydrogen) atoms. The third-order valence-corrected chi connectivity index (χ3v) is 2.03. The molecule has 0 atom stereocenters. The molecule has 0 saturated heterocycles. The van der Waals surface area contributed by atoms with E-state index in [0.29, 0.717) is 0 Å². The molecule has 1 nitrogen and oxygen atoms in total. The van der Waals surface area contributed by atoms with Crippen LogP contribution in [0.2, 0.25) is 0 Å². The minimum Gasteiger partial charge on any atom is -0.265 e. The van der Waals surface area contributed by atoms with Gasteiger partial charge in [-0.05, 0) is 30.2 Å². The van der Waals surface area contributed by atoms with Gasteiger partial charge in [0.05, 0.1) is 0 Å². The minimum absolute atomic E-state index is 1.22. The smallest absolute Gasteiger partial charge is 0.0273 e. The Balaban J connectivity index is 2.48. The van der Waals surface area contributed by atoms with E-state index in [1.165, 1.54) is 16.7 Å². The summed E-state index contributed by atoms with van der Waals surface area (Å²) in [6, 6.07) is 12.5. The molecule has 2 aromatic rings. The lowest BCUT2D eigenvalue weighted by Gasteiger charge is -2.01. The molecule has 0 aliphatic carbocycles. The van der Waals surface area contributed by atoms with Gasteiger partial charge in [0.2, 0.25) is 0 Å². The van der Waals surface area contributed by atoms with Crippen molar-refractivity contribution in [3.8, 4) is 11.1 Å². The van der Waals surface area contributed by atoms with E-state index >= 15 is 0 Å². The van der Waals surface area contributed by atoms with E-state index in [-0.39, 0.29) is 0 Å². The molecule has 1 heteroatoms. The van der Waals surface area contributed by atoms with Gasteiger partial charge in [0, 0.05) is 12.4 Å². The number of pyridine rings is 1. The van der Waals surface area contributed by atoms with E-state index < -0.39 is 0 Å². The first kappa shape index (κ1) is 7.99. The molecule has 0 fully saturated rings. The van der Waals surface area contributed by atoms with E-state index in [2.05, 4.69) is 36.2 Å². The maximum absolute atomic E-state index is 3.99. The quantitative estimate of drug-likeness (QED) is 0.639. The molecule has 2 rings (SSSR count). The monoisotopic (exact) mass is 169 g/mol. The summed E-state index contributed by atoms with van der Waals surface area (Å²) in [6.45, 7) is 2.10. The number of aromatic nitrogens is 1. The Labute approximate surface area is 78.1 Å². The van der Waals surface area contributed by atoms with Gasteiger partial charge in [0.1, 0.15) is 0 Å². The van der Waals surface area contributed by atoms with Crippen LogP contribution in [-0.4, -0.2) is 4.98 Å². The molecule has 0 saturated carbocycles. The minimum atomic E-state index is 1.22. The molecule has 64 valence electrons. The van der Waals surface area contributed by atoms with Crippen molar-refractivity contribution in [2.45, 2.75) is 6.92 Å². The predicted molar refractivity (Wildman–Crippen MR) is 54.4 cm³/mol. The van der Waals surface area contributed by atoms with Gasteiger partial charge in [-0.1, -0.05) is 29.8 Å². The van der Waals surface area contributed by atoms with Crippen LogP contribution in [0.5, 0.6) is 0 Å². The lowest BCUT2D eigenvalue weighted by atomic mass is 10.1. The van der Waals surface area contributed by atoms with Crippen molar-refractivity contribution in [3.63, 3.8) is 0 Å². The molecule has 0 spiro atoms. The first-order valence-corrected chi connectivity index (χ1v) is 4.33. The average molecular weight is 169 g/mol. The van der Waals surface area contributed by atoms with Crippen LogP contribution in [0.15, 0.2) is 48.8 Å². The standard InChI is InChI=1S/C12H11N/c1-10-3-2-4-12(9-10)11-5-7-13-8-6-11/h2-9H,1H3. The molecule has 1 heterocycles. The Morgan fingerprint density at radius 2 is 1.69 bits per heavy atom. The van der Waals surface area contributed by atoms with Crippen molar-refractivity contribution in [1.29, 1.82) is 0 Å². The molecule has 0 bridgehead atoms. The highest BCUT2D eigenvalue weighted by Crippen LogP contribution is 2.18. The molecule has 0 amide bonds. The highest BCUT2D eigenvalue weighted by Gasteiger charge is 1.95. The fraction of sp³-hybridized carbons (Fsp3) is 0.0833. The van der Waals surface area contributed by atoms with Crippen LogP contribution in [0.25, 0.3) is 11.1 Å². The summed E-state index contributed by atoms with van der Waals surface area (Å²) >= 11 is 0. The van der Waals surface area contributed by atoms with Crippen LogP contribution in [0.4, 0.5) is 0 Å². The largest absolute Gasteiger partial charge is 0.265 e. The first-order valence-electron chi connectivity index (χ1n) is 4.33. The van der Waals surface area contributed by atoms with Gasteiger partial charge in [-0.3, -0.25) is 4.98 Å². The molecule has 0 unspecified atom stereocenters. The summed E-state index contributed by atoms with van der Waals surface area (Å²) in [5.41, 5.74) is 3.76. The van der Waals surface area contributed by atoms with Crippen molar-refractivity contribution in [2.75, 3.05) is 0 Å². The van der Waals surface area contributed by atoms with Crippen LogP contribution in [0.1, 0.15) is 5.56 Å². The Hall–Kier alpha value is -1.63. The van der Waals surface area contributed by atoms with E-state index in [1.54, 1.807) is 0 Å². The third kappa shape index (κ3) is 1.75. The molecule has 0 radical (unpaired) electrons. The SMILES string of the molecule is Cc1cccc(-c2ccncc2)c1. The number of nitrogens with zero attached hydrogens (tertiary/aromatic N) is 1. The second-order valence-electron chi connectivity index (χ2n) is 3.11. The van der Waals surface area contributed by atoms with Crippen molar-refractivity contribution >= 4 is 0 Å². The summed E-state index contributed by atoms with van der Waals surface area (Å²) in [7, 11) is 0. The topological polar surface area (TPSA) is 12.9 Å². The summed E-state index contributed by atoms with van der Waals surface area (Å²) in [4.78, 5) is 3.99. The van der Waals surface area contributed by atoms with Crippen molar-refractivity contribution in [2.24, 2.45) is 0 Å². The van der Waals surface area contributed by atoms with Crippen LogP contribution < -0.4 is 0 Å². The highest BCUT2D eigenvalue weighted by atomic mass is 14.6. The Kier molecular flexibility index (Phi) is 2.09. The molecular formula is C12H11N. The summed E-state index contributed by atoms with van der Waals surface area (Å²) in [5, 5.41) is 0. The van der Waals surface area contributed by atoms with Crippen LogP contribution in [-0.2, 0) is 0 Å². The van der Waals surface area contributed by atoms with Gasteiger partial charge < -0.3 is 0 Å². The van der Waals surface area contributed by atoms with Gasteiger partial charge in [0.15, 0.2) is 0 Å². The summed E-state index contributed by atoms with van der Waals surface area (Å²) in [5.74, 6) is 0. The zero-order valence-electron chi connectivity index (χ0n) is 7.57. The van der Waals surface area contributed by atoms with Gasteiger partial charge in [-0.2, -0.15) is 0 Å². The number of rotatable bonds is 1. The number of hydrogen-bond acceptors (Lipinski definition) is 1. The van der Waals surface area contributed by atoms with Crippen molar-refractivity contribution in [3.05, 3.63) is 54.4 Å². The predicted octanol–water partition coefficient (Wildman–Crippen LogP) is 3.06. The zero-order chi connectivity index (χ0) is 9.10. The first-order chi connectivity index (χ1) is 6.36. The van der Waals surface area contributed by atoms with Gasteiger partial charge in [0.25, 0.3) is 0 Å². The van der Waals surface area contributed by atoms with Crippen molar-refractivity contribution in [1.82, 2.24) is 4.98 Å². The van der Waals surface area contributed by atoms with Crippen LogP contribution in [0, 0.1) is 6.92 Å². The molecule has 1 aromatic carbocycles. The van der Waals surface area contributed by atoms with E-state index in [0.717, 1.165) is 0 Å². The lowest BCUT2D eigenvalue weighted by molar-refractivity contribution is 1.33. The molecule has 1 aromatic heterocycles. The summed E-state index contributed by atoms with van der Waals surface area (Å²) in [6.07, 6.45) is 3.63. The Morgan fingerprint density at radius 3 is 2.38 bits per heavy atom. The molecule has 0 aliphatic heterocycles. The van der Waals surface area contributed by atoms with E-state index in [4.69, 9.17) is 0 Å². The second kappa shape index (κ2) is 3.40. The fourth-order valence-electron chi connectivity index (χ4n) is 1.37. The zero-order valence-corrected chi connectivity index (χ0v) is 7.57. The van der Waals surface area contributed by atoms with Gasteiger partial charge >= 0.3 is 0 Å². The summed E-state index contributed by atoms with van der Waals surface area (Å²) < 4.78 is 0. The number of hydrogen-bond donors (Lipinski definition) is 0. The maximum atomic E-state index is 3.99. The second-order valence-corrected chi connectivity index (χ2v) is 3.11. The van der Waals surface area contributed by atoms with Crippen LogP contribution >= 0.6 is 0 Å². The van der Waals surface area contributed by atoms with Crippen molar-refractivity contribution < 1.29 is 0 Å². The molecule has 0 N–H and O–H groups in total. The number of aryl methyl sites for hydroxylation is 1. The highest BCUT2D eigenvalue weighted by molar-refractivity contribution is 5.63. The van der Waals surface area contributed by atoms with E-state index in [9.17, 15) is 0 Å². The fourth-order valence-corrected chi connectivity index (χ4v) is 1.37. The van der Waals surface area contributed by atoms with Crippen LogP contribution in [0.3, 0.4) is 0 Å². The van der Waals surface area contributed by atoms with E-state index in [1.807, 2.05) is 24.5 Å². The Morgan fingerprint density at radius 1 is 0.923 bits per heavy atom. The Bertz CT molecular complexity index is 393. The molecular weight excluding hydrogens is 158 g/mol. The van der Waals surface area contributed by atoms with Gasteiger partial charge in [-0.15, -0.1) is 0 Å². The molecule has 0 aliphatic rings. The maximum Gasteiger partial charge on any atom is 0.0273 e.